The monoisotopic (exact) mass is 393 g/mol. The van der Waals surface area contributed by atoms with Crippen molar-refractivity contribution in [2.45, 2.75) is 19.4 Å². The molecular weight excluding hydrogens is 376 g/mol. The average molecular weight is 393 g/mol. The van der Waals surface area contributed by atoms with Crippen molar-refractivity contribution in [3.8, 4) is 6.07 Å². The van der Waals surface area contributed by atoms with Crippen molar-refractivity contribution >= 4 is 27.3 Å². The normalized spacial score (nSPS) is 12.1. The smallest absolute Gasteiger partial charge is 0.247 e. The van der Waals surface area contributed by atoms with Gasteiger partial charge in [0.1, 0.15) is 6.04 Å². The van der Waals surface area contributed by atoms with E-state index in [9.17, 15) is 22.0 Å². The number of hydrogen-bond donors (Lipinski definition) is 1. The number of rotatable bonds is 6. The molecule has 27 heavy (non-hydrogen) atoms. The summed E-state index contributed by atoms with van der Waals surface area (Å²) in [6.07, 6.45) is 1.09. The number of halogens is 2. The summed E-state index contributed by atoms with van der Waals surface area (Å²) in [5.41, 5.74) is 1.01. The lowest BCUT2D eigenvalue weighted by molar-refractivity contribution is -0.116. The lowest BCUT2D eigenvalue weighted by Gasteiger charge is -2.28. The van der Waals surface area contributed by atoms with Crippen molar-refractivity contribution in [1.29, 1.82) is 5.26 Å². The minimum Gasteiger partial charge on any atom is -0.324 e. The summed E-state index contributed by atoms with van der Waals surface area (Å²) in [6, 6.07) is 9.86. The summed E-state index contributed by atoms with van der Waals surface area (Å²) in [5.74, 6) is -3.00. The highest BCUT2D eigenvalue weighted by Gasteiger charge is 2.29. The molecule has 0 saturated carbocycles. The predicted octanol–water partition coefficient (Wildman–Crippen LogP) is 2.82. The molecule has 0 aromatic heterocycles. The van der Waals surface area contributed by atoms with Crippen LogP contribution in [0.1, 0.15) is 12.5 Å². The van der Waals surface area contributed by atoms with Crippen LogP contribution in [0, 0.1) is 23.0 Å². The molecule has 9 heteroatoms. The van der Waals surface area contributed by atoms with Gasteiger partial charge < -0.3 is 5.32 Å². The second-order valence-electron chi connectivity index (χ2n) is 5.85. The van der Waals surface area contributed by atoms with Crippen molar-refractivity contribution in [2.24, 2.45) is 0 Å². The van der Waals surface area contributed by atoms with E-state index in [4.69, 9.17) is 5.26 Å². The molecule has 0 aliphatic heterocycles. The molecule has 1 unspecified atom stereocenters. The van der Waals surface area contributed by atoms with Gasteiger partial charge in [-0.1, -0.05) is 12.1 Å². The Morgan fingerprint density at radius 2 is 1.81 bits per heavy atom. The number of amides is 1. The minimum atomic E-state index is -3.95. The first-order chi connectivity index (χ1) is 12.6. The van der Waals surface area contributed by atoms with E-state index < -0.39 is 33.6 Å². The molecule has 1 N–H and O–H groups in total. The molecule has 142 valence electrons. The number of sulfonamides is 1. The first-order valence-corrected chi connectivity index (χ1v) is 9.69. The summed E-state index contributed by atoms with van der Waals surface area (Å²) in [4.78, 5) is 12.5. The number of carbonyl (C=O) groups is 1. The van der Waals surface area contributed by atoms with Gasteiger partial charge >= 0.3 is 0 Å². The Labute approximate surface area is 156 Å². The van der Waals surface area contributed by atoms with E-state index >= 15 is 0 Å². The Balaban J connectivity index is 2.26. The molecule has 0 spiro atoms. The average Bonchev–Trinajstić information content (AvgIpc) is 2.59. The van der Waals surface area contributed by atoms with E-state index in [1.54, 1.807) is 24.3 Å². The summed E-state index contributed by atoms with van der Waals surface area (Å²) in [7, 11) is -3.95. The quantitative estimate of drug-likeness (QED) is 0.817. The van der Waals surface area contributed by atoms with Crippen LogP contribution in [-0.4, -0.2) is 26.6 Å². The Hall–Kier alpha value is -2.99. The molecule has 0 fully saturated rings. The third kappa shape index (κ3) is 5.01. The van der Waals surface area contributed by atoms with Gasteiger partial charge in [-0.05, 0) is 36.8 Å². The predicted molar refractivity (Wildman–Crippen MR) is 97.5 cm³/mol. The summed E-state index contributed by atoms with van der Waals surface area (Å²) in [5, 5.41) is 11.2. The Bertz CT molecular complexity index is 986. The van der Waals surface area contributed by atoms with Gasteiger partial charge in [0.2, 0.25) is 15.9 Å². The zero-order chi connectivity index (χ0) is 20.2. The molecule has 0 heterocycles. The maximum Gasteiger partial charge on any atom is 0.247 e. The number of nitrogens with one attached hydrogen (secondary N) is 1. The molecule has 0 bridgehead atoms. The Morgan fingerprint density at radius 3 is 2.33 bits per heavy atom. The Kier molecular flexibility index (Phi) is 6.13. The summed E-state index contributed by atoms with van der Waals surface area (Å²) >= 11 is 0. The van der Waals surface area contributed by atoms with Gasteiger partial charge in [0.05, 0.1) is 24.4 Å². The van der Waals surface area contributed by atoms with E-state index in [1.807, 2.05) is 6.07 Å². The van der Waals surface area contributed by atoms with Crippen molar-refractivity contribution in [1.82, 2.24) is 0 Å². The fourth-order valence-corrected chi connectivity index (χ4v) is 3.64. The SMILES string of the molecule is CC(C(=O)Nc1ccc(CC#N)cc1)N(c1ccc(F)c(F)c1)S(C)(=O)=O. The van der Waals surface area contributed by atoms with Crippen molar-refractivity contribution in [3.63, 3.8) is 0 Å². The van der Waals surface area contributed by atoms with Crippen LogP contribution in [0.15, 0.2) is 42.5 Å². The Morgan fingerprint density at radius 1 is 1.19 bits per heavy atom. The molecule has 0 aliphatic rings. The lowest BCUT2D eigenvalue weighted by Crippen LogP contribution is -2.45. The maximum absolute atomic E-state index is 13.5. The summed E-state index contributed by atoms with van der Waals surface area (Å²) in [6.45, 7) is 1.34. The first kappa shape index (κ1) is 20.3. The fourth-order valence-electron chi connectivity index (χ4n) is 2.47. The van der Waals surface area contributed by atoms with Gasteiger partial charge in [0.25, 0.3) is 0 Å². The minimum absolute atomic E-state index is 0.164. The number of benzene rings is 2. The van der Waals surface area contributed by atoms with Crippen LogP contribution < -0.4 is 9.62 Å². The number of anilines is 2. The largest absolute Gasteiger partial charge is 0.324 e. The zero-order valence-electron chi connectivity index (χ0n) is 14.6. The van der Waals surface area contributed by atoms with Crippen molar-refractivity contribution in [3.05, 3.63) is 59.7 Å². The van der Waals surface area contributed by atoms with E-state index in [2.05, 4.69) is 5.32 Å². The van der Waals surface area contributed by atoms with E-state index in [1.165, 1.54) is 6.92 Å². The topological polar surface area (TPSA) is 90.3 Å². The standard InChI is InChI=1S/C18H17F2N3O3S/c1-12(18(24)22-14-5-3-13(4-6-14)9-10-21)23(27(2,25)26)15-7-8-16(19)17(20)11-15/h3-8,11-12H,9H2,1-2H3,(H,22,24). The van der Waals surface area contributed by atoms with Crippen molar-refractivity contribution < 1.29 is 22.0 Å². The number of carbonyl (C=O) groups excluding carboxylic acids is 1. The second-order valence-corrected chi connectivity index (χ2v) is 7.71. The van der Waals surface area contributed by atoms with Crippen LogP contribution in [0.25, 0.3) is 0 Å². The van der Waals surface area contributed by atoms with Gasteiger partial charge in [-0.25, -0.2) is 17.2 Å². The first-order valence-electron chi connectivity index (χ1n) is 7.84. The van der Waals surface area contributed by atoms with Gasteiger partial charge in [-0.2, -0.15) is 5.26 Å². The highest BCUT2D eigenvalue weighted by Crippen LogP contribution is 2.24. The molecule has 0 radical (unpaired) electrons. The zero-order valence-corrected chi connectivity index (χ0v) is 15.4. The van der Waals surface area contributed by atoms with E-state index in [-0.39, 0.29) is 12.1 Å². The van der Waals surface area contributed by atoms with Crippen LogP contribution in [0.5, 0.6) is 0 Å². The van der Waals surface area contributed by atoms with Crippen LogP contribution in [0.4, 0.5) is 20.2 Å². The molecular formula is C18H17F2N3O3S. The molecule has 2 aromatic rings. The number of hydrogen-bond acceptors (Lipinski definition) is 4. The number of nitriles is 1. The summed E-state index contributed by atoms with van der Waals surface area (Å²) < 4.78 is 51.7. The highest BCUT2D eigenvalue weighted by atomic mass is 32.2. The van der Waals surface area contributed by atoms with Crippen molar-refractivity contribution in [2.75, 3.05) is 15.9 Å². The molecule has 0 saturated heterocycles. The second kappa shape index (κ2) is 8.14. The molecule has 2 rings (SSSR count). The fraction of sp³-hybridized carbons (Fsp3) is 0.222. The van der Waals surface area contributed by atoms with Gasteiger partial charge in [-0.15, -0.1) is 0 Å². The highest BCUT2D eigenvalue weighted by molar-refractivity contribution is 7.92. The molecule has 6 nitrogen and oxygen atoms in total. The van der Waals surface area contributed by atoms with E-state index in [0.717, 1.165) is 34.3 Å². The number of nitrogens with zero attached hydrogens (tertiary/aromatic N) is 2. The van der Waals surface area contributed by atoms with E-state index in [0.29, 0.717) is 5.69 Å². The molecule has 1 atom stereocenters. The molecule has 2 aromatic carbocycles. The van der Waals surface area contributed by atoms with Crippen LogP contribution in [0.3, 0.4) is 0 Å². The van der Waals surface area contributed by atoms with Crippen LogP contribution >= 0.6 is 0 Å². The van der Waals surface area contributed by atoms with Gasteiger partial charge in [-0.3, -0.25) is 9.10 Å². The molecule has 0 aliphatic carbocycles. The maximum atomic E-state index is 13.5. The van der Waals surface area contributed by atoms with Crippen LogP contribution in [0.2, 0.25) is 0 Å². The van der Waals surface area contributed by atoms with Gasteiger partial charge in [0, 0.05) is 11.8 Å². The third-order valence-electron chi connectivity index (χ3n) is 3.75. The third-order valence-corrected chi connectivity index (χ3v) is 4.99. The van der Waals surface area contributed by atoms with Gasteiger partial charge in [0.15, 0.2) is 11.6 Å². The lowest BCUT2D eigenvalue weighted by atomic mass is 10.1. The molecule has 1 amide bonds. The van der Waals surface area contributed by atoms with Crippen LogP contribution in [-0.2, 0) is 21.2 Å².